The molecule has 2 unspecified atom stereocenters. The van der Waals surface area contributed by atoms with Crippen molar-refractivity contribution in [3.63, 3.8) is 0 Å². The number of nitrogens with zero attached hydrogens (tertiary/aromatic N) is 2. The van der Waals surface area contributed by atoms with E-state index >= 15 is 0 Å². The van der Waals surface area contributed by atoms with E-state index in [4.69, 9.17) is 4.42 Å². The van der Waals surface area contributed by atoms with E-state index in [1.54, 1.807) is 12.3 Å². The second kappa shape index (κ2) is 6.10. The lowest BCUT2D eigenvalue weighted by Gasteiger charge is -2.43. The predicted octanol–water partition coefficient (Wildman–Crippen LogP) is 2.65. The van der Waals surface area contributed by atoms with Crippen LogP contribution in [0.15, 0.2) is 39.7 Å². The molecular weight excluding hydrogens is 318 g/mol. The molecule has 2 atom stereocenters. The van der Waals surface area contributed by atoms with E-state index in [2.05, 4.69) is 5.32 Å². The van der Waals surface area contributed by atoms with Crippen molar-refractivity contribution >= 4 is 6.03 Å². The molecule has 0 aromatic carbocycles. The van der Waals surface area contributed by atoms with Crippen LogP contribution in [0.1, 0.15) is 31.9 Å². The molecule has 4 heterocycles. The average molecular weight is 341 g/mol. The van der Waals surface area contributed by atoms with Gasteiger partial charge in [-0.15, -0.1) is 0 Å². The maximum absolute atomic E-state index is 12.9. The molecular formula is C19H23N3O3. The van der Waals surface area contributed by atoms with Gasteiger partial charge in [-0.2, -0.15) is 0 Å². The van der Waals surface area contributed by atoms with Gasteiger partial charge in [0.25, 0.3) is 5.56 Å². The first-order valence-corrected chi connectivity index (χ1v) is 8.86. The van der Waals surface area contributed by atoms with Crippen molar-refractivity contribution < 1.29 is 9.21 Å². The summed E-state index contributed by atoms with van der Waals surface area (Å²) >= 11 is 0. The van der Waals surface area contributed by atoms with Crippen LogP contribution in [0.3, 0.4) is 0 Å². The molecule has 1 saturated heterocycles. The van der Waals surface area contributed by atoms with Crippen molar-refractivity contribution in [2.24, 2.45) is 5.92 Å². The summed E-state index contributed by atoms with van der Waals surface area (Å²) in [6, 6.07) is 7.59. The minimum atomic E-state index is -0.00676. The fourth-order valence-electron chi connectivity index (χ4n) is 4.07. The highest BCUT2D eigenvalue weighted by molar-refractivity contribution is 5.74. The Labute approximate surface area is 146 Å². The van der Waals surface area contributed by atoms with Crippen LogP contribution in [0, 0.1) is 5.92 Å². The summed E-state index contributed by atoms with van der Waals surface area (Å²) in [6.45, 7) is 5.95. The van der Waals surface area contributed by atoms with Crippen LogP contribution in [0.5, 0.6) is 0 Å². The van der Waals surface area contributed by atoms with Gasteiger partial charge in [-0.05, 0) is 50.5 Å². The number of pyridine rings is 1. The van der Waals surface area contributed by atoms with Gasteiger partial charge in [0.2, 0.25) is 0 Å². The Morgan fingerprint density at radius 1 is 1.24 bits per heavy atom. The predicted molar refractivity (Wildman–Crippen MR) is 94.5 cm³/mol. The molecule has 0 radical (unpaired) electrons. The molecule has 2 aliphatic rings. The number of rotatable bonds is 2. The SMILES string of the molecule is CC(C)NC(=O)N1CC2CC(C1)c1ccc(-c3ccco3)c(=O)n1C2. The fraction of sp³-hybridized carbons (Fsp3) is 0.474. The summed E-state index contributed by atoms with van der Waals surface area (Å²) in [6.07, 6.45) is 2.61. The molecule has 0 aliphatic carbocycles. The van der Waals surface area contributed by atoms with Gasteiger partial charge in [-0.3, -0.25) is 4.79 Å². The van der Waals surface area contributed by atoms with Crippen LogP contribution in [-0.2, 0) is 6.54 Å². The molecule has 0 spiro atoms. The van der Waals surface area contributed by atoms with Gasteiger partial charge < -0.3 is 19.2 Å². The van der Waals surface area contributed by atoms with Gasteiger partial charge in [0.1, 0.15) is 5.76 Å². The van der Waals surface area contributed by atoms with Crippen LogP contribution < -0.4 is 10.9 Å². The first-order chi connectivity index (χ1) is 12.0. The lowest BCUT2D eigenvalue weighted by Crippen LogP contribution is -2.52. The van der Waals surface area contributed by atoms with Gasteiger partial charge >= 0.3 is 6.03 Å². The van der Waals surface area contributed by atoms with E-state index in [-0.39, 0.29) is 23.6 Å². The molecule has 2 aliphatic heterocycles. The smallest absolute Gasteiger partial charge is 0.317 e. The molecule has 25 heavy (non-hydrogen) atoms. The summed E-state index contributed by atoms with van der Waals surface area (Å²) < 4.78 is 7.28. The Hall–Kier alpha value is -2.50. The van der Waals surface area contributed by atoms with Crippen molar-refractivity contribution in [1.82, 2.24) is 14.8 Å². The molecule has 2 aromatic rings. The largest absolute Gasteiger partial charge is 0.464 e. The Morgan fingerprint density at radius 2 is 2.08 bits per heavy atom. The normalized spacial score (nSPS) is 22.0. The first kappa shape index (κ1) is 16.0. The number of furan rings is 1. The Bertz CT molecular complexity index is 838. The number of carbonyl (C=O) groups excluding carboxylic acids is 1. The number of aromatic nitrogens is 1. The molecule has 4 rings (SSSR count). The molecule has 2 aromatic heterocycles. The topological polar surface area (TPSA) is 67.5 Å². The number of carbonyl (C=O) groups is 1. The minimum absolute atomic E-state index is 0.00207. The maximum Gasteiger partial charge on any atom is 0.317 e. The van der Waals surface area contributed by atoms with Crippen molar-refractivity contribution in [2.75, 3.05) is 13.1 Å². The van der Waals surface area contributed by atoms with Crippen LogP contribution in [0.4, 0.5) is 4.79 Å². The summed E-state index contributed by atoms with van der Waals surface area (Å²) in [5.41, 5.74) is 1.63. The number of fused-ring (bicyclic) bond motifs is 4. The molecule has 6 nitrogen and oxygen atoms in total. The quantitative estimate of drug-likeness (QED) is 0.913. The Morgan fingerprint density at radius 3 is 2.80 bits per heavy atom. The average Bonchev–Trinajstić information content (AvgIpc) is 3.09. The van der Waals surface area contributed by atoms with E-state index in [1.165, 1.54) is 0 Å². The molecule has 2 amide bonds. The monoisotopic (exact) mass is 341 g/mol. The summed E-state index contributed by atoms with van der Waals surface area (Å²) in [4.78, 5) is 27.2. The van der Waals surface area contributed by atoms with Gasteiger partial charge in [-0.1, -0.05) is 0 Å². The number of likely N-dealkylation sites (tertiary alicyclic amines) is 1. The Kier molecular flexibility index (Phi) is 3.90. The van der Waals surface area contributed by atoms with E-state index in [0.29, 0.717) is 36.9 Å². The van der Waals surface area contributed by atoms with Crippen LogP contribution in [0.25, 0.3) is 11.3 Å². The zero-order valence-electron chi connectivity index (χ0n) is 14.6. The molecule has 0 saturated carbocycles. The summed E-state index contributed by atoms with van der Waals surface area (Å²) in [5.74, 6) is 1.13. The fourth-order valence-corrected chi connectivity index (χ4v) is 4.07. The summed E-state index contributed by atoms with van der Waals surface area (Å²) in [7, 11) is 0. The van der Waals surface area contributed by atoms with E-state index in [1.807, 2.05) is 41.5 Å². The lowest BCUT2D eigenvalue weighted by atomic mass is 9.83. The molecule has 1 N–H and O–H groups in total. The van der Waals surface area contributed by atoms with Gasteiger partial charge in [0.05, 0.1) is 11.8 Å². The third kappa shape index (κ3) is 2.86. The number of piperidine rings is 1. The van der Waals surface area contributed by atoms with Gasteiger partial charge in [-0.25, -0.2) is 4.79 Å². The molecule has 132 valence electrons. The van der Waals surface area contributed by atoms with Crippen molar-refractivity contribution in [2.45, 2.75) is 38.8 Å². The number of hydrogen-bond donors (Lipinski definition) is 1. The van der Waals surface area contributed by atoms with Crippen LogP contribution >= 0.6 is 0 Å². The van der Waals surface area contributed by atoms with Crippen molar-refractivity contribution in [3.05, 3.63) is 46.6 Å². The number of hydrogen-bond acceptors (Lipinski definition) is 3. The van der Waals surface area contributed by atoms with E-state index in [9.17, 15) is 9.59 Å². The molecule has 1 fully saturated rings. The molecule has 2 bridgehead atoms. The first-order valence-electron chi connectivity index (χ1n) is 8.86. The zero-order chi connectivity index (χ0) is 17.6. The maximum atomic E-state index is 12.9. The second-order valence-electron chi connectivity index (χ2n) is 7.37. The van der Waals surface area contributed by atoms with E-state index in [0.717, 1.165) is 12.1 Å². The van der Waals surface area contributed by atoms with Crippen LogP contribution in [0.2, 0.25) is 0 Å². The third-order valence-corrected chi connectivity index (χ3v) is 5.09. The van der Waals surface area contributed by atoms with Crippen molar-refractivity contribution in [1.29, 1.82) is 0 Å². The van der Waals surface area contributed by atoms with Crippen molar-refractivity contribution in [3.8, 4) is 11.3 Å². The lowest BCUT2D eigenvalue weighted by molar-refractivity contribution is 0.130. The van der Waals surface area contributed by atoms with Gasteiger partial charge in [0, 0.05) is 37.3 Å². The number of urea groups is 1. The number of nitrogens with one attached hydrogen (secondary N) is 1. The standard InChI is InChI=1S/C19H23N3O3/c1-12(2)20-19(24)21-9-13-8-14(11-21)16-6-5-15(17-4-3-7-25-17)18(23)22(16)10-13/h3-7,12-14H,8-11H2,1-2H3,(H,20,24). The van der Waals surface area contributed by atoms with Crippen LogP contribution in [-0.4, -0.2) is 34.6 Å². The van der Waals surface area contributed by atoms with E-state index < -0.39 is 0 Å². The summed E-state index contributed by atoms with van der Waals surface area (Å²) in [5, 5.41) is 2.97. The highest BCUT2D eigenvalue weighted by Crippen LogP contribution is 2.35. The zero-order valence-corrected chi connectivity index (χ0v) is 14.6. The highest BCUT2D eigenvalue weighted by Gasteiger charge is 2.36. The Balaban J connectivity index is 1.64. The third-order valence-electron chi connectivity index (χ3n) is 5.09. The molecule has 6 heteroatoms. The highest BCUT2D eigenvalue weighted by atomic mass is 16.3. The van der Waals surface area contributed by atoms with Gasteiger partial charge in [0.15, 0.2) is 0 Å². The second-order valence-corrected chi connectivity index (χ2v) is 7.37. The number of amides is 2. The minimum Gasteiger partial charge on any atom is -0.464 e.